The first-order valence-electron chi connectivity index (χ1n) is 4.61. The SMILES string of the molecule is NC1(c2cc(Cl)c(O)c(F)c2F)CCC1. The van der Waals surface area contributed by atoms with Crippen molar-refractivity contribution in [2.24, 2.45) is 5.73 Å². The summed E-state index contributed by atoms with van der Waals surface area (Å²) in [6.45, 7) is 0. The van der Waals surface area contributed by atoms with Gasteiger partial charge in [0.15, 0.2) is 11.6 Å². The van der Waals surface area contributed by atoms with Crippen LogP contribution in [0.25, 0.3) is 0 Å². The lowest BCUT2D eigenvalue weighted by molar-refractivity contribution is 0.241. The van der Waals surface area contributed by atoms with E-state index in [1.165, 1.54) is 6.07 Å². The number of nitrogens with two attached hydrogens (primary N) is 1. The molecule has 0 unspecified atom stereocenters. The minimum Gasteiger partial charge on any atom is -0.504 e. The van der Waals surface area contributed by atoms with Gasteiger partial charge in [0.1, 0.15) is 0 Å². The Morgan fingerprint density at radius 3 is 2.40 bits per heavy atom. The topological polar surface area (TPSA) is 46.2 Å². The summed E-state index contributed by atoms with van der Waals surface area (Å²) in [5.41, 5.74) is 5.08. The highest BCUT2D eigenvalue weighted by molar-refractivity contribution is 6.32. The maximum absolute atomic E-state index is 13.5. The molecule has 3 N–H and O–H groups in total. The lowest BCUT2D eigenvalue weighted by atomic mass is 9.72. The molecule has 82 valence electrons. The number of halogens is 3. The van der Waals surface area contributed by atoms with Gasteiger partial charge in [0, 0.05) is 11.1 Å². The van der Waals surface area contributed by atoms with Gasteiger partial charge in [0.05, 0.1) is 5.02 Å². The van der Waals surface area contributed by atoms with Crippen molar-refractivity contribution in [1.82, 2.24) is 0 Å². The van der Waals surface area contributed by atoms with Crippen LogP contribution in [0.2, 0.25) is 5.02 Å². The van der Waals surface area contributed by atoms with E-state index in [2.05, 4.69) is 0 Å². The summed E-state index contributed by atoms with van der Waals surface area (Å²) in [6, 6.07) is 1.20. The molecule has 5 heteroatoms. The van der Waals surface area contributed by atoms with Crippen molar-refractivity contribution in [1.29, 1.82) is 0 Å². The summed E-state index contributed by atoms with van der Waals surface area (Å²) >= 11 is 5.57. The van der Waals surface area contributed by atoms with Gasteiger partial charge in [-0.25, -0.2) is 4.39 Å². The molecule has 2 nitrogen and oxygen atoms in total. The summed E-state index contributed by atoms with van der Waals surface area (Å²) in [4.78, 5) is 0. The van der Waals surface area contributed by atoms with Crippen molar-refractivity contribution >= 4 is 11.6 Å². The molecule has 0 atom stereocenters. The van der Waals surface area contributed by atoms with E-state index in [0.29, 0.717) is 12.8 Å². The fraction of sp³-hybridized carbons (Fsp3) is 0.400. The zero-order valence-electron chi connectivity index (χ0n) is 7.86. The zero-order valence-corrected chi connectivity index (χ0v) is 8.61. The van der Waals surface area contributed by atoms with E-state index >= 15 is 0 Å². The molecule has 1 aromatic carbocycles. The number of rotatable bonds is 1. The first-order chi connectivity index (χ1) is 6.96. The third kappa shape index (κ3) is 1.48. The molecule has 15 heavy (non-hydrogen) atoms. The highest BCUT2D eigenvalue weighted by Crippen LogP contribution is 2.43. The molecule has 1 aromatic rings. The minimum absolute atomic E-state index is 0.0500. The van der Waals surface area contributed by atoms with Crippen molar-refractivity contribution in [2.45, 2.75) is 24.8 Å². The number of phenolic OH excluding ortho intramolecular Hbond substituents is 1. The van der Waals surface area contributed by atoms with Crippen LogP contribution in [0.5, 0.6) is 5.75 Å². The van der Waals surface area contributed by atoms with Crippen LogP contribution in [0.1, 0.15) is 24.8 Å². The second-order valence-corrected chi connectivity index (χ2v) is 4.30. The molecule has 0 radical (unpaired) electrons. The summed E-state index contributed by atoms with van der Waals surface area (Å²) < 4.78 is 26.7. The van der Waals surface area contributed by atoms with E-state index in [1.54, 1.807) is 0 Å². The number of aromatic hydroxyl groups is 1. The van der Waals surface area contributed by atoms with Gasteiger partial charge in [-0.3, -0.25) is 0 Å². The molecular weight excluding hydrogens is 224 g/mol. The lowest BCUT2D eigenvalue weighted by Gasteiger charge is -2.38. The zero-order chi connectivity index (χ0) is 11.2. The van der Waals surface area contributed by atoms with Crippen molar-refractivity contribution in [3.05, 3.63) is 28.3 Å². The number of phenols is 1. The summed E-state index contributed by atoms with van der Waals surface area (Å²) in [5, 5.41) is 8.87. The van der Waals surface area contributed by atoms with Crippen LogP contribution >= 0.6 is 11.6 Å². The normalized spacial score (nSPS) is 18.7. The van der Waals surface area contributed by atoms with Crippen LogP contribution in [0.4, 0.5) is 8.78 Å². The van der Waals surface area contributed by atoms with Gasteiger partial charge in [-0.1, -0.05) is 11.6 Å². The number of benzene rings is 1. The van der Waals surface area contributed by atoms with Crippen molar-refractivity contribution < 1.29 is 13.9 Å². The van der Waals surface area contributed by atoms with E-state index in [-0.39, 0.29) is 10.6 Å². The van der Waals surface area contributed by atoms with E-state index in [1.807, 2.05) is 0 Å². The van der Waals surface area contributed by atoms with E-state index in [0.717, 1.165) is 6.42 Å². The monoisotopic (exact) mass is 233 g/mol. The second kappa shape index (κ2) is 3.32. The molecule has 0 spiro atoms. The van der Waals surface area contributed by atoms with Crippen LogP contribution in [-0.2, 0) is 5.54 Å². The van der Waals surface area contributed by atoms with Gasteiger partial charge in [0.25, 0.3) is 0 Å². The van der Waals surface area contributed by atoms with Crippen molar-refractivity contribution in [3.63, 3.8) is 0 Å². The smallest absolute Gasteiger partial charge is 0.202 e. The number of hydrogen-bond acceptors (Lipinski definition) is 2. The Morgan fingerprint density at radius 2 is 1.93 bits per heavy atom. The fourth-order valence-corrected chi connectivity index (χ4v) is 1.97. The predicted octanol–water partition coefficient (Wildman–Crippen LogP) is 2.66. The third-order valence-electron chi connectivity index (χ3n) is 2.92. The van der Waals surface area contributed by atoms with Crippen LogP contribution in [0.15, 0.2) is 6.07 Å². The Hall–Kier alpha value is -0.870. The van der Waals surface area contributed by atoms with Crippen LogP contribution in [0.3, 0.4) is 0 Å². The molecule has 0 heterocycles. The molecule has 0 bridgehead atoms. The fourth-order valence-electron chi connectivity index (χ4n) is 1.77. The van der Waals surface area contributed by atoms with Gasteiger partial charge in [-0.05, 0) is 25.3 Å². The maximum atomic E-state index is 13.5. The molecule has 1 aliphatic rings. The highest BCUT2D eigenvalue weighted by Gasteiger charge is 2.38. The van der Waals surface area contributed by atoms with Crippen LogP contribution in [-0.4, -0.2) is 5.11 Å². The molecule has 0 aliphatic heterocycles. The average Bonchev–Trinajstić information content (AvgIpc) is 2.17. The Bertz CT molecular complexity index is 418. The second-order valence-electron chi connectivity index (χ2n) is 3.89. The van der Waals surface area contributed by atoms with E-state index in [9.17, 15) is 8.78 Å². The Balaban J connectivity index is 2.58. The minimum atomic E-state index is -1.32. The first kappa shape index (κ1) is 10.6. The van der Waals surface area contributed by atoms with E-state index in [4.69, 9.17) is 22.4 Å². The predicted molar refractivity (Wildman–Crippen MR) is 52.7 cm³/mol. The molecule has 1 saturated carbocycles. The van der Waals surface area contributed by atoms with Crippen LogP contribution in [0, 0.1) is 11.6 Å². The Morgan fingerprint density at radius 1 is 1.33 bits per heavy atom. The molecule has 1 fully saturated rings. The highest BCUT2D eigenvalue weighted by atomic mass is 35.5. The van der Waals surface area contributed by atoms with E-state index < -0.39 is 22.9 Å². The largest absolute Gasteiger partial charge is 0.504 e. The first-order valence-corrected chi connectivity index (χ1v) is 4.99. The lowest BCUT2D eigenvalue weighted by Crippen LogP contribution is -2.44. The van der Waals surface area contributed by atoms with Gasteiger partial charge in [0.2, 0.25) is 5.82 Å². The maximum Gasteiger partial charge on any atom is 0.202 e. The molecule has 0 aromatic heterocycles. The average molecular weight is 234 g/mol. The van der Waals surface area contributed by atoms with Gasteiger partial charge in [-0.15, -0.1) is 0 Å². The molecule has 0 saturated heterocycles. The van der Waals surface area contributed by atoms with Crippen LogP contribution < -0.4 is 5.73 Å². The summed E-state index contributed by atoms with van der Waals surface area (Å²) in [6.07, 6.45) is 2.09. The molecule has 0 amide bonds. The third-order valence-corrected chi connectivity index (χ3v) is 3.20. The van der Waals surface area contributed by atoms with Gasteiger partial charge < -0.3 is 10.8 Å². The summed E-state index contributed by atoms with van der Waals surface area (Å²) in [5.74, 6) is -3.28. The van der Waals surface area contributed by atoms with Crippen molar-refractivity contribution in [2.75, 3.05) is 0 Å². The number of hydrogen-bond donors (Lipinski definition) is 2. The Labute approximate surface area is 90.7 Å². The Kier molecular flexibility index (Phi) is 2.35. The molecular formula is C10H10ClF2NO. The standard InChI is InChI=1S/C10H10ClF2NO/c11-6-4-5(10(14)2-1-3-10)7(12)8(13)9(6)15/h4,15H,1-3,14H2. The molecule has 1 aliphatic carbocycles. The van der Waals surface area contributed by atoms with Gasteiger partial charge in [-0.2, -0.15) is 4.39 Å². The molecule has 2 rings (SSSR count). The van der Waals surface area contributed by atoms with Crippen molar-refractivity contribution in [3.8, 4) is 5.75 Å². The summed E-state index contributed by atoms with van der Waals surface area (Å²) in [7, 11) is 0. The quantitative estimate of drug-likeness (QED) is 0.733. The van der Waals surface area contributed by atoms with Gasteiger partial charge >= 0.3 is 0 Å².